The summed E-state index contributed by atoms with van der Waals surface area (Å²) >= 11 is 5.24. The smallest absolute Gasteiger partial charge is 0.195 e. The SMILES string of the molecule is Cc1cc(Cn2c(-c3cccnc3)n[nH]c2=S)on1. The van der Waals surface area contributed by atoms with E-state index in [-0.39, 0.29) is 0 Å². The van der Waals surface area contributed by atoms with Crippen molar-refractivity contribution < 1.29 is 4.52 Å². The van der Waals surface area contributed by atoms with E-state index in [4.69, 9.17) is 16.7 Å². The molecule has 0 aliphatic heterocycles. The number of H-pyrrole nitrogens is 1. The fourth-order valence-corrected chi connectivity index (χ4v) is 2.02. The van der Waals surface area contributed by atoms with Crippen LogP contribution in [-0.4, -0.2) is 24.9 Å². The third-order valence-corrected chi connectivity index (χ3v) is 2.98. The molecule has 3 rings (SSSR count). The van der Waals surface area contributed by atoms with E-state index in [1.165, 1.54) is 0 Å². The number of hydrogen-bond acceptors (Lipinski definition) is 5. The van der Waals surface area contributed by atoms with Gasteiger partial charge in [-0.05, 0) is 31.3 Å². The molecular weight excluding hydrogens is 262 g/mol. The van der Waals surface area contributed by atoms with Gasteiger partial charge in [-0.3, -0.25) is 14.6 Å². The third kappa shape index (κ3) is 2.32. The van der Waals surface area contributed by atoms with E-state index in [0.29, 0.717) is 11.3 Å². The summed E-state index contributed by atoms with van der Waals surface area (Å²) in [6, 6.07) is 5.66. The van der Waals surface area contributed by atoms with Crippen LogP contribution in [0.3, 0.4) is 0 Å². The molecular formula is C12H11N5OS. The predicted molar refractivity (Wildman–Crippen MR) is 71.0 cm³/mol. The Morgan fingerprint density at radius 3 is 3.05 bits per heavy atom. The lowest BCUT2D eigenvalue weighted by atomic mass is 10.2. The average Bonchev–Trinajstić information content (AvgIpc) is 2.99. The lowest BCUT2D eigenvalue weighted by Gasteiger charge is -2.03. The highest BCUT2D eigenvalue weighted by Crippen LogP contribution is 2.17. The molecule has 0 aromatic carbocycles. The van der Waals surface area contributed by atoms with Crippen molar-refractivity contribution in [1.29, 1.82) is 0 Å². The minimum atomic E-state index is 0.487. The number of aromatic nitrogens is 5. The summed E-state index contributed by atoms with van der Waals surface area (Å²) in [5, 5.41) is 10.9. The minimum Gasteiger partial charge on any atom is -0.359 e. The van der Waals surface area contributed by atoms with Gasteiger partial charge in [0, 0.05) is 24.0 Å². The van der Waals surface area contributed by atoms with Crippen molar-refractivity contribution in [2.24, 2.45) is 0 Å². The normalized spacial score (nSPS) is 10.8. The first-order valence-corrected chi connectivity index (χ1v) is 6.12. The van der Waals surface area contributed by atoms with Gasteiger partial charge in [0.1, 0.15) is 0 Å². The zero-order chi connectivity index (χ0) is 13.2. The van der Waals surface area contributed by atoms with E-state index >= 15 is 0 Å². The molecule has 0 atom stereocenters. The van der Waals surface area contributed by atoms with Gasteiger partial charge in [0.05, 0.1) is 12.2 Å². The van der Waals surface area contributed by atoms with Crippen LogP contribution in [0, 0.1) is 11.7 Å². The second-order valence-electron chi connectivity index (χ2n) is 4.11. The first-order chi connectivity index (χ1) is 9.24. The molecule has 0 bridgehead atoms. The molecule has 0 fully saturated rings. The van der Waals surface area contributed by atoms with Gasteiger partial charge in [-0.25, -0.2) is 0 Å². The Hall–Kier alpha value is -2.28. The van der Waals surface area contributed by atoms with Crippen molar-refractivity contribution in [2.75, 3.05) is 0 Å². The summed E-state index contributed by atoms with van der Waals surface area (Å²) in [5.41, 5.74) is 1.74. The molecule has 0 aliphatic carbocycles. The molecule has 3 aromatic rings. The van der Waals surface area contributed by atoms with Crippen LogP contribution in [0.15, 0.2) is 35.1 Å². The number of pyridine rings is 1. The van der Waals surface area contributed by atoms with Crippen LogP contribution >= 0.6 is 12.2 Å². The predicted octanol–water partition coefficient (Wildman–Crippen LogP) is 2.35. The van der Waals surface area contributed by atoms with Crippen molar-refractivity contribution in [3.8, 4) is 11.4 Å². The van der Waals surface area contributed by atoms with Gasteiger partial charge in [-0.2, -0.15) is 5.10 Å². The number of nitrogens with zero attached hydrogens (tertiary/aromatic N) is 4. The molecule has 0 radical (unpaired) electrons. The second kappa shape index (κ2) is 4.77. The summed E-state index contributed by atoms with van der Waals surface area (Å²) < 4.78 is 7.60. The van der Waals surface area contributed by atoms with E-state index in [0.717, 1.165) is 22.8 Å². The van der Waals surface area contributed by atoms with Gasteiger partial charge < -0.3 is 4.52 Å². The molecule has 96 valence electrons. The molecule has 0 saturated carbocycles. The first-order valence-electron chi connectivity index (χ1n) is 5.72. The number of aromatic amines is 1. The van der Waals surface area contributed by atoms with Crippen LogP contribution in [-0.2, 0) is 6.54 Å². The molecule has 0 unspecified atom stereocenters. The quantitative estimate of drug-likeness (QED) is 0.741. The molecule has 0 saturated heterocycles. The van der Waals surface area contributed by atoms with Crippen LogP contribution in [0.25, 0.3) is 11.4 Å². The standard InChI is InChI=1S/C12H11N5OS/c1-8-5-10(18-16-8)7-17-11(14-15-12(17)19)9-3-2-4-13-6-9/h2-6H,7H2,1H3,(H,15,19). The van der Waals surface area contributed by atoms with Gasteiger partial charge in [0.15, 0.2) is 16.4 Å². The molecule has 0 aliphatic rings. The Balaban J connectivity index is 2.02. The summed E-state index contributed by atoms with van der Waals surface area (Å²) in [6.07, 6.45) is 3.46. The van der Waals surface area contributed by atoms with Crippen molar-refractivity contribution in [3.63, 3.8) is 0 Å². The Morgan fingerprint density at radius 2 is 2.37 bits per heavy atom. The van der Waals surface area contributed by atoms with Crippen LogP contribution < -0.4 is 0 Å². The van der Waals surface area contributed by atoms with Gasteiger partial charge in [0.2, 0.25) is 0 Å². The topological polar surface area (TPSA) is 72.5 Å². The summed E-state index contributed by atoms with van der Waals surface area (Å²) in [5.74, 6) is 1.47. The molecule has 3 heterocycles. The van der Waals surface area contributed by atoms with Crippen molar-refractivity contribution in [2.45, 2.75) is 13.5 Å². The molecule has 0 spiro atoms. The average molecular weight is 273 g/mol. The highest BCUT2D eigenvalue weighted by molar-refractivity contribution is 7.71. The highest BCUT2D eigenvalue weighted by Gasteiger charge is 2.11. The number of rotatable bonds is 3. The van der Waals surface area contributed by atoms with E-state index in [1.807, 2.05) is 29.7 Å². The Bertz CT molecular complexity index is 743. The highest BCUT2D eigenvalue weighted by atomic mass is 32.1. The summed E-state index contributed by atoms with van der Waals surface area (Å²) in [4.78, 5) is 4.09. The van der Waals surface area contributed by atoms with Crippen LogP contribution in [0.1, 0.15) is 11.5 Å². The van der Waals surface area contributed by atoms with Gasteiger partial charge >= 0.3 is 0 Å². The van der Waals surface area contributed by atoms with Crippen LogP contribution in [0.4, 0.5) is 0 Å². The largest absolute Gasteiger partial charge is 0.359 e. The molecule has 7 heteroatoms. The molecule has 0 amide bonds. The fourth-order valence-electron chi connectivity index (χ4n) is 1.83. The number of aryl methyl sites for hydroxylation is 1. The molecule has 6 nitrogen and oxygen atoms in total. The zero-order valence-corrected chi connectivity index (χ0v) is 11.0. The summed E-state index contributed by atoms with van der Waals surface area (Å²) in [7, 11) is 0. The van der Waals surface area contributed by atoms with E-state index in [9.17, 15) is 0 Å². The van der Waals surface area contributed by atoms with Gasteiger partial charge in [-0.1, -0.05) is 5.16 Å². The minimum absolute atomic E-state index is 0.487. The van der Waals surface area contributed by atoms with Gasteiger partial charge in [0.25, 0.3) is 0 Å². The maximum Gasteiger partial charge on any atom is 0.195 e. The lowest BCUT2D eigenvalue weighted by molar-refractivity contribution is 0.373. The van der Waals surface area contributed by atoms with Crippen molar-refractivity contribution in [3.05, 3.63) is 46.8 Å². The Labute approximate surface area is 114 Å². The zero-order valence-electron chi connectivity index (χ0n) is 10.2. The third-order valence-electron chi connectivity index (χ3n) is 2.67. The van der Waals surface area contributed by atoms with E-state index in [1.54, 1.807) is 12.4 Å². The second-order valence-corrected chi connectivity index (χ2v) is 4.50. The van der Waals surface area contributed by atoms with Crippen LogP contribution in [0.2, 0.25) is 0 Å². The van der Waals surface area contributed by atoms with E-state index < -0.39 is 0 Å². The first kappa shape index (κ1) is 11.8. The maximum absolute atomic E-state index is 5.24. The lowest BCUT2D eigenvalue weighted by Crippen LogP contribution is -2.01. The monoisotopic (exact) mass is 273 g/mol. The fraction of sp³-hybridized carbons (Fsp3) is 0.167. The Morgan fingerprint density at radius 1 is 1.47 bits per heavy atom. The maximum atomic E-state index is 5.24. The summed E-state index contributed by atoms with van der Waals surface area (Å²) in [6.45, 7) is 2.37. The Kier molecular flexibility index (Phi) is 2.96. The van der Waals surface area contributed by atoms with Crippen molar-refractivity contribution >= 4 is 12.2 Å². The van der Waals surface area contributed by atoms with E-state index in [2.05, 4.69) is 20.3 Å². The number of hydrogen-bond donors (Lipinski definition) is 1. The molecule has 1 N–H and O–H groups in total. The molecule has 3 aromatic heterocycles. The van der Waals surface area contributed by atoms with Crippen molar-refractivity contribution in [1.82, 2.24) is 24.9 Å². The number of nitrogens with one attached hydrogen (secondary N) is 1. The van der Waals surface area contributed by atoms with Gasteiger partial charge in [-0.15, -0.1) is 0 Å². The molecule has 19 heavy (non-hydrogen) atoms. The van der Waals surface area contributed by atoms with Crippen LogP contribution in [0.5, 0.6) is 0 Å².